The molecule has 1 aliphatic carbocycles. The second-order valence-corrected chi connectivity index (χ2v) is 5.00. The van der Waals surface area contributed by atoms with Crippen LogP contribution in [-0.4, -0.2) is 20.3 Å². The number of aliphatic imine (C=N–C) groups is 1. The Kier molecular flexibility index (Phi) is 3.63. The minimum absolute atomic E-state index is 0.473. The van der Waals surface area contributed by atoms with E-state index in [-0.39, 0.29) is 0 Å². The van der Waals surface area contributed by atoms with E-state index in [1.807, 2.05) is 19.9 Å². The molecule has 0 aromatic heterocycles. The Hall–Kier alpha value is -1.80. The van der Waals surface area contributed by atoms with Crippen molar-refractivity contribution in [2.45, 2.75) is 38.6 Å². The summed E-state index contributed by atoms with van der Waals surface area (Å²) in [5.41, 5.74) is 2.54. The van der Waals surface area contributed by atoms with Gasteiger partial charge in [0.15, 0.2) is 0 Å². The van der Waals surface area contributed by atoms with Crippen molar-refractivity contribution in [3.8, 4) is 11.5 Å². The quantitative estimate of drug-likeness (QED) is 0.618. The summed E-state index contributed by atoms with van der Waals surface area (Å²) in [6, 6.07) is 1.95. The zero-order valence-corrected chi connectivity index (χ0v) is 11.9. The highest BCUT2D eigenvalue weighted by Gasteiger charge is 2.42. The fourth-order valence-corrected chi connectivity index (χ4v) is 2.72. The van der Waals surface area contributed by atoms with Crippen LogP contribution < -0.4 is 9.47 Å². The third kappa shape index (κ3) is 2.02. The summed E-state index contributed by atoms with van der Waals surface area (Å²) in [5, 5.41) is 0. The summed E-state index contributed by atoms with van der Waals surface area (Å²) in [7, 11) is 3.29. The lowest BCUT2D eigenvalue weighted by Gasteiger charge is -2.38. The first-order valence-corrected chi connectivity index (χ1v) is 6.41. The monoisotopic (exact) mass is 261 g/mol. The van der Waals surface area contributed by atoms with E-state index >= 15 is 0 Å². The molecular weight excluding hydrogens is 242 g/mol. The predicted molar refractivity (Wildman–Crippen MR) is 72.7 cm³/mol. The van der Waals surface area contributed by atoms with Crippen LogP contribution in [0.15, 0.2) is 11.1 Å². The van der Waals surface area contributed by atoms with Gasteiger partial charge in [-0.25, -0.2) is 4.79 Å². The first kappa shape index (κ1) is 13.6. The van der Waals surface area contributed by atoms with Crippen LogP contribution in [0.25, 0.3) is 0 Å². The molecule has 0 amide bonds. The van der Waals surface area contributed by atoms with Gasteiger partial charge < -0.3 is 9.47 Å². The van der Waals surface area contributed by atoms with Gasteiger partial charge in [0.05, 0.1) is 14.2 Å². The van der Waals surface area contributed by atoms with Gasteiger partial charge in [-0.1, -0.05) is 0 Å². The molecule has 1 aromatic carbocycles. The van der Waals surface area contributed by atoms with Crippen LogP contribution >= 0.6 is 0 Å². The lowest BCUT2D eigenvalue weighted by molar-refractivity contribution is 0.244. The Morgan fingerprint density at radius 1 is 1.21 bits per heavy atom. The Morgan fingerprint density at radius 3 is 2.32 bits per heavy atom. The van der Waals surface area contributed by atoms with Crippen LogP contribution in [0.3, 0.4) is 0 Å². The van der Waals surface area contributed by atoms with Crippen molar-refractivity contribution in [2.75, 3.05) is 14.2 Å². The Balaban J connectivity index is 2.68. The number of hydrogen-bond acceptors (Lipinski definition) is 4. The molecule has 0 spiro atoms. The average molecular weight is 261 g/mol. The number of rotatable bonds is 4. The van der Waals surface area contributed by atoms with E-state index < -0.39 is 5.54 Å². The van der Waals surface area contributed by atoms with Gasteiger partial charge in [0.1, 0.15) is 17.0 Å². The largest absolute Gasteiger partial charge is 0.496 e. The molecule has 1 aliphatic rings. The summed E-state index contributed by atoms with van der Waals surface area (Å²) in [5.74, 6) is 1.61. The minimum atomic E-state index is -0.473. The molecular formula is C15H19NO3. The van der Waals surface area contributed by atoms with E-state index in [2.05, 4.69) is 4.99 Å². The molecule has 0 heterocycles. The second kappa shape index (κ2) is 5.06. The number of hydrogen-bond donors (Lipinski definition) is 0. The van der Waals surface area contributed by atoms with Crippen molar-refractivity contribution in [3.63, 3.8) is 0 Å². The zero-order chi connectivity index (χ0) is 14.0. The summed E-state index contributed by atoms with van der Waals surface area (Å²) in [6.45, 7) is 3.99. The fourth-order valence-electron chi connectivity index (χ4n) is 2.72. The minimum Gasteiger partial charge on any atom is -0.496 e. The Morgan fingerprint density at radius 2 is 1.89 bits per heavy atom. The molecule has 0 bridgehead atoms. The first-order valence-electron chi connectivity index (χ1n) is 6.41. The summed E-state index contributed by atoms with van der Waals surface area (Å²) in [6.07, 6.45) is 4.47. The maximum Gasteiger partial charge on any atom is 0.235 e. The standard InChI is InChI=1S/C15H19NO3/c1-10-11(2)14(19-4)12(8-13(10)18-3)15(16-9-17)6-5-7-15/h8H,5-7H2,1-4H3. The van der Waals surface area contributed by atoms with E-state index in [0.29, 0.717) is 0 Å². The molecule has 0 N–H and O–H groups in total. The van der Waals surface area contributed by atoms with Crippen molar-refractivity contribution in [1.82, 2.24) is 0 Å². The maximum absolute atomic E-state index is 10.7. The normalized spacial score (nSPS) is 16.2. The number of carbonyl (C=O) groups excluding carboxylic acids is 1. The van der Waals surface area contributed by atoms with Crippen LogP contribution in [-0.2, 0) is 10.3 Å². The van der Waals surface area contributed by atoms with E-state index in [9.17, 15) is 4.79 Å². The highest BCUT2D eigenvalue weighted by Crippen LogP contribution is 2.50. The molecule has 4 nitrogen and oxygen atoms in total. The smallest absolute Gasteiger partial charge is 0.235 e. The number of benzene rings is 1. The van der Waals surface area contributed by atoms with Crippen molar-refractivity contribution in [3.05, 3.63) is 22.8 Å². The molecule has 1 aromatic rings. The van der Waals surface area contributed by atoms with Gasteiger partial charge in [0.25, 0.3) is 0 Å². The molecule has 19 heavy (non-hydrogen) atoms. The van der Waals surface area contributed by atoms with E-state index in [1.165, 1.54) is 0 Å². The van der Waals surface area contributed by atoms with E-state index in [1.54, 1.807) is 20.3 Å². The molecule has 0 saturated heterocycles. The number of methoxy groups -OCH3 is 2. The lowest BCUT2D eigenvalue weighted by Crippen LogP contribution is -2.32. The summed E-state index contributed by atoms with van der Waals surface area (Å²) < 4.78 is 11.0. The lowest BCUT2D eigenvalue weighted by atomic mass is 9.71. The van der Waals surface area contributed by atoms with Gasteiger partial charge in [-0.05, 0) is 50.3 Å². The molecule has 0 radical (unpaired) electrons. The zero-order valence-electron chi connectivity index (χ0n) is 11.9. The van der Waals surface area contributed by atoms with Crippen LogP contribution in [0, 0.1) is 13.8 Å². The summed E-state index contributed by atoms with van der Waals surface area (Å²) >= 11 is 0. The highest BCUT2D eigenvalue weighted by molar-refractivity contribution is 5.56. The van der Waals surface area contributed by atoms with Crippen molar-refractivity contribution in [1.29, 1.82) is 0 Å². The van der Waals surface area contributed by atoms with Crippen LogP contribution in [0.4, 0.5) is 0 Å². The van der Waals surface area contributed by atoms with Gasteiger partial charge in [0, 0.05) is 5.56 Å². The Labute approximate surface area is 113 Å². The van der Waals surface area contributed by atoms with Crippen molar-refractivity contribution in [2.24, 2.45) is 4.99 Å². The van der Waals surface area contributed by atoms with Crippen LogP contribution in [0.1, 0.15) is 36.0 Å². The number of ether oxygens (including phenoxy) is 2. The molecule has 102 valence electrons. The van der Waals surface area contributed by atoms with Crippen molar-refractivity contribution < 1.29 is 14.3 Å². The molecule has 2 rings (SSSR count). The maximum atomic E-state index is 10.7. The molecule has 1 saturated carbocycles. The van der Waals surface area contributed by atoms with Gasteiger partial charge in [0.2, 0.25) is 6.08 Å². The number of isocyanates is 1. The fraction of sp³-hybridized carbons (Fsp3) is 0.533. The Bertz CT molecular complexity index is 541. The van der Waals surface area contributed by atoms with Gasteiger partial charge >= 0.3 is 0 Å². The van der Waals surface area contributed by atoms with Crippen LogP contribution in [0.5, 0.6) is 11.5 Å². The number of nitrogens with zero attached hydrogens (tertiary/aromatic N) is 1. The van der Waals surface area contributed by atoms with E-state index in [0.717, 1.165) is 47.5 Å². The van der Waals surface area contributed by atoms with Crippen LogP contribution in [0.2, 0.25) is 0 Å². The molecule has 1 fully saturated rings. The van der Waals surface area contributed by atoms with Gasteiger partial charge in [-0.2, -0.15) is 4.99 Å². The highest BCUT2D eigenvalue weighted by atomic mass is 16.5. The predicted octanol–water partition coefficient (Wildman–Crippen LogP) is 3.04. The third-order valence-electron chi connectivity index (χ3n) is 4.16. The van der Waals surface area contributed by atoms with Gasteiger partial charge in [-0.15, -0.1) is 0 Å². The average Bonchev–Trinajstić information content (AvgIpc) is 2.37. The topological polar surface area (TPSA) is 47.9 Å². The molecule has 0 atom stereocenters. The van der Waals surface area contributed by atoms with Crippen molar-refractivity contribution >= 4 is 6.08 Å². The third-order valence-corrected chi connectivity index (χ3v) is 4.16. The molecule has 4 heteroatoms. The SMILES string of the molecule is COc1cc(C2(N=C=O)CCC2)c(OC)c(C)c1C. The second-order valence-electron chi connectivity index (χ2n) is 5.00. The van der Waals surface area contributed by atoms with Gasteiger partial charge in [-0.3, -0.25) is 0 Å². The summed E-state index contributed by atoms with van der Waals surface area (Å²) in [4.78, 5) is 14.8. The van der Waals surface area contributed by atoms with E-state index in [4.69, 9.17) is 9.47 Å². The molecule has 0 unspecified atom stereocenters. The molecule has 0 aliphatic heterocycles. The first-order chi connectivity index (χ1) is 9.09.